The van der Waals surface area contributed by atoms with Gasteiger partial charge in [-0.2, -0.15) is 0 Å². The Kier molecular flexibility index (Phi) is 2.33. The summed E-state index contributed by atoms with van der Waals surface area (Å²) in [6.45, 7) is 2.42. The molecular formula is C11H13N3O. The zero-order valence-corrected chi connectivity index (χ0v) is 8.51. The molecule has 15 heavy (non-hydrogen) atoms. The number of phenols is 1. The lowest BCUT2D eigenvalue weighted by Gasteiger charge is -2.09. The summed E-state index contributed by atoms with van der Waals surface area (Å²) in [6, 6.07) is 3.54. The summed E-state index contributed by atoms with van der Waals surface area (Å²) in [7, 11) is 0. The summed E-state index contributed by atoms with van der Waals surface area (Å²) in [5.41, 5.74) is 8.00. The highest BCUT2D eigenvalue weighted by atomic mass is 16.3. The number of phenolic OH excluding ortho intramolecular Hbond substituents is 1. The average Bonchev–Trinajstić information content (AvgIpc) is 2.66. The van der Waals surface area contributed by atoms with Gasteiger partial charge in [0, 0.05) is 23.6 Å². The second kappa shape index (κ2) is 3.65. The van der Waals surface area contributed by atoms with Gasteiger partial charge in [0.05, 0.1) is 12.9 Å². The van der Waals surface area contributed by atoms with Crippen LogP contribution in [-0.4, -0.2) is 14.7 Å². The Bertz CT molecular complexity index is 463. The van der Waals surface area contributed by atoms with Crippen molar-refractivity contribution in [2.45, 2.75) is 13.5 Å². The molecule has 0 aliphatic carbocycles. The Morgan fingerprint density at radius 1 is 1.47 bits per heavy atom. The number of rotatable bonds is 2. The van der Waals surface area contributed by atoms with Crippen LogP contribution in [0.1, 0.15) is 11.1 Å². The van der Waals surface area contributed by atoms with Gasteiger partial charge < -0.3 is 15.4 Å². The van der Waals surface area contributed by atoms with Crippen molar-refractivity contribution in [1.29, 1.82) is 0 Å². The van der Waals surface area contributed by atoms with E-state index in [0.29, 0.717) is 18.0 Å². The highest BCUT2D eigenvalue weighted by Crippen LogP contribution is 2.25. The topological polar surface area (TPSA) is 64.1 Å². The second-order valence-corrected chi connectivity index (χ2v) is 3.58. The molecule has 1 aromatic carbocycles. The van der Waals surface area contributed by atoms with Gasteiger partial charge >= 0.3 is 0 Å². The van der Waals surface area contributed by atoms with Gasteiger partial charge in [0.1, 0.15) is 5.75 Å². The second-order valence-electron chi connectivity index (χ2n) is 3.58. The number of aromatic nitrogens is 2. The van der Waals surface area contributed by atoms with Crippen molar-refractivity contribution < 1.29 is 5.11 Å². The number of hydrogen-bond donors (Lipinski definition) is 2. The van der Waals surface area contributed by atoms with E-state index < -0.39 is 0 Å². The van der Waals surface area contributed by atoms with Crippen LogP contribution >= 0.6 is 0 Å². The molecule has 0 saturated heterocycles. The molecule has 0 radical (unpaired) electrons. The first kappa shape index (κ1) is 9.58. The van der Waals surface area contributed by atoms with Crippen LogP contribution in [0.3, 0.4) is 0 Å². The molecule has 0 bridgehead atoms. The van der Waals surface area contributed by atoms with Crippen LogP contribution in [-0.2, 0) is 6.54 Å². The summed E-state index contributed by atoms with van der Waals surface area (Å²) in [5.74, 6) is 0.304. The normalized spacial score (nSPS) is 10.5. The smallest absolute Gasteiger partial charge is 0.123 e. The van der Waals surface area contributed by atoms with E-state index in [0.717, 1.165) is 11.1 Å². The van der Waals surface area contributed by atoms with E-state index in [9.17, 15) is 5.11 Å². The molecule has 1 aromatic heterocycles. The minimum atomic E-state index is 0.304. The van der Waals surface area contributed by atoms with Crippen LogP contribution < -0.4 is 5.73 Å². The predicted octanol–water partition coefficient (Wildman–Crippen LogP) is 1.53. The van der Waals surface area contributed by atoms with Crippen LogP contribution in [0.4, 0.5) is 5.69 Å². The molecule has 78 valence electrons. The number of imidazole rings is 1. The van der Waals surface area contributed by atoms with E-state index >= 15 is 0 Å². The Balaban J connectivity index is 2.36. The van der Waals surface area contributed by atoms with Gasteiger partial charge in [0.15, 0.2) is 0 Å². The summed E-state index contributed by atoms with van der Waals surface area (Å²) in [6.07, 6.45) is 5.26. The summed E-state index contributed by atoms with van der Waals surface area (Å²) in [4.78, 5) is 3.94. The molecule has 4 heteroatoms. The van der Waals surface area contributed by atoms with Crippen molar-refractivity contribution in [1.82, 2.24) is 9.55 Å². The van der Waals surface area contributed by atoms with Crippen molar-refractivity contribution in [2.75, 3.05) is 5.73 Å². The first-order valence-corrected chi connectivity index (χ1v) is 4.70. The highest BCUT2D eigenvalue weighted by Gasteiger charge is 2.06. The fourth-order valence-corrected chi connectivity index (χ4v) is 1.58. The summed E-state index contributed by atoms with van der Waals surface area (Å²) < 4.78 is 1.88. The third kappa shape index (κ3) is 1.93. The fourth-order valence-electron chi connectivity index (χ4n) is 1.58. The highest BCUT2D eigenvalue weighted by molar-refractivity contribution is 5.52. The van der Waals surface area contributed by atoms with Gasteiger partial charge in [-0.05, 0) is 24.6 Å². The molecule has 4 nitrogen and oxygen atoms in total. The van der Waals surface area contributed by atoms with Gasteiger partial charge in [-0.3, -0.25) is 0 Å². The molecule has 2 rings (SSSR count). The molecule has 0 spiro atoms. The molecule has 0 aliphatic heterocycles. The third-order valence-corrected chi connectivity index (χ3v) is 2.31. The minimum Gasteiger partial charge on any atom is -0.507 e. The van der Waals surface area contributed by atoms with Crippen LogP contribution in [0.5, 0.6) is 5.75 Å². The number of nitrogen functional groups attached to an aromatic ring is 1. The molecule has 2 aromatic rings. The Morgan fingerprint density at radius 2 is 2.27 bits per heavy atom. The summed E-state index contributed by atoms with van der Waals surface area (Å²) >= 11 is 0. The van der Waals surface area contributed by atoms with Crippen molar-refractivity contribution in [3.63, 3.8) is 0 Å². The molecule has 1 heterocycles. The van der Waals surface area contributed by atoms with Crippen molar-refractivity contribution in [3.8, 4) is 5.75 Å². The van der Waals surface area contributed by atoms with Gasteiger partial charge in [-0.25, -0.2) is 4.98 Å². The lowest BCUT2D eigenvalue weighted by Crippen LogP contribution is -1.99. The first-order chi connectivity index (χ1) is 7.16. The van der Waals surface area contributed by atoms with E-state index in [2.05, 4.69) is 4.98 Å². The quantitative estimate of drug-likeness (QED) is 0.574. The minimum absolute atomic E-state index is 0.304. The van der Waals surface area contributed by atoms with Gasteiger partial charge in [-0.15, -0.1) is 0 Å². The van der Waals surface area contributed by atoms with E-state index in [1.807, 2.05) is 17.7 Å². The Hall–Kier alpha value is -1.97. The molecule has 0 aliphatic rings. The van der Waals surface area contributed by atoms with Gasteiger partial charge in [-0.1, -0.05) is 0 Å². The van der Waals surface area contributed by atoms with E-state index in [1.165, 1.54) is 0 Å². The molecule has 0 fully saturated rings. The first-order valence-electron chi connectivity index (χ1n) is 4.70. The molecule has 0 atom stereocenters. The fraction of sp³-hybridized carbons (Fsp3) is 0.182. The van der Waals surface area contributed by atoms with Crippen LogP contribution in [0.15, 0.2) is 30.9 Å². The van der Waals surface area contributed by atoms with Gasteiger partial charge in [0.2, 0.25) is 0 Å². The number of benzene rings is 1. The number of aromatic hydroxyl groups is 1. The van der Waals surface area contributed by atoms with Crippen molar-refractivity contribution in [3.05, 3.63) is 42.0 Å². The largest absolute Gasteiger partial charge is 0.507 e. The van der Waals surface area contributed by atoms with Gasteiger partial charge in [0.25, 0.3) is 0 Å². The van der Waals surface area contributed by atoms with Crippen molar-refractivity contribution >= 4 is 5.69 Å². The Morgan fingerprint density at radius 3 is 2.93 bits per heavy atom. The maximum Gasteiger partial charge on any atom is 0.123 e. The zero-order valence-electron chi connectivity index (χ0n) is 8.51. The molecule has 0 unspecified atom stereocenters. The lowest BCUT2D eigenvalue weighted by atomic mass is 10.1. The zero-order chi connectivity index (χ0) is 10.8. The summed E-state index contributed by atoms with van der Waals surface area (Å²) in [5, 5.41) is 9.83. The average molecular weight is 203 g/mol. The molecule has 3 N–H and O–H groups in total. The molecule has 0 amide bonds. The predicted molar refractivity (Wildman–Crippen MR) is 58.6 cm³/mol. The van der Waals surface area contributed by atoms with Crippen LogP contribution in [0.25, 0.3) is 0 Å². The van der Waals surface area contributed by atoms with Crippen LogP contribution in [0.2, 0.25) is 0 Å². The van der Waals surface area contributed by atoms with E-state index in [-0.39, 0.29) is 0 Å². The molecular weight excluding hydrogens is 190 g/mol. The monoisotopic (exact) mass is 203 g/mol. The number of anilines is 1. The number of nitrogens with two attached hydrogens (primary N) is 1. The van der Waals surface area contributed by atoms with Crippen LogP contribution in [0, 0.1) is 6.92 Å². The SMILES string of the molecule is Cc1cc(N)cc(Cn2ccnc2)c1O. The number of nitrogens with zero attached hydrogens (tertiary/aromatic N) is 2. The number of aryl methyl sites for hydroxylation is 1. The number of hydrogen-bond acceptors (Lipinski definition) is 3. The lowest BCUT2D eigenvalue weighted by molar-refractivity contribution is 0.462. The standard InChI is InChI=1S/C11H13N3O/c1-8-4-10(12)5-9(11(8)15)6-14-3-2-13-7-14/h2-5,7,15H,6,12H2,1H3. The van der Waals surface area contributed by atoms with E-state index in [4.69, 9.17) is 5.73 Å². The Labute approximate surface area is 88.0 Å². The van der Waals surface area contributed by atoms with E-state index in [1.54, 1.807) is 24.7 Å². The molecule has 0 saturated carbocycles. The maximum absolute atomic E-state index is 9.83. The van der Waals surface area contributed by atoms with Crippen molar-refractivity contribution in [2.24, 2.45) is 0 Å². The third-order valence-electron chi connectivity index (χ3n) is 2.31. The maximum atomic E-state index is 9.83.